The lowest BCUT2D eigenvalue weighted by Gasteiger charge is -2.27. The second kappa shape index (κ2) is 8.52. The number of anilines is 1. The smallest absolute Gasteiger partial charge is 0.264 e. The van der Waals surface area contributed by atoms with E-state index in [1.54, 1.807) is 41.3 Å². The zero-order valence-electron chi connectivity index (χ0n) is 16.0. The Bertz CT molecular complexity index is 922. The first kappa shape index (κ1) is 20.0. The van der Waals surface area contributed by atoms with Crippen LogP contribution in [0.1, 0.15) is 12.8 Å². The van der Waals surface area contributed by atoms with E-state index >= 15 is 0 Å². The summed E-state index contributed by atoms with van der Waals surface area (Å²) in [7, 11) is -1.00. The summed E-state index contributed by atoms with van der Waals surface area (Å²) in [5.74, 6) is 0.713. The number of methoxy groups -OCH3 is 2. The Hall–Kier alpha value is -2.74. The maximum Gasteiger partial charge on any atom is 0.264 e. The van der Waals surface area contributed by atoms with Gasteiger partial charge >= 0.3 is 0 Å². The van der Waals surface area contributed by atoms with Crippen LogP contribution in [0.4, 0.5) is 5.69 Å². The average Bonchev–Trinajstić information content (AvgIpc) is 3.27. The maximum absolute atomic E-state index is 13.4. The van der Waals surface area contributed by atoms with E-state index in [1.165, 1.54) is 26.4 Å². The molecule has 1 aliphatic rings. The van der Waals surface area contributed by atoms with Crippen molar-refractivity contribution < 1.29 is 22.7 Å². The predicted octanol–water partition coefficient (Wildman–Crippen LogP) is 2.52. The van der Waals surface area contributed by atoms with Crippen LogP contribution in [-0.4, -0.2) is 53.1 Å². The van der Waals surface area contributed by atoms with Crippen molar-refractivity contribution in [2.24, 2.45) is 0 Å². The molecule has 150 valence electrons. The van der Waals surface area contributed by atoms with Crippen molar-refractivity contribution in [1.82, 2.24) is 4.90 Å². The minimum atomic E-state index is -3.99. The highest BCUT2D eigenvalue weighted by Crippen LogP contribution is 2.32. The van der Waals surface area contributed by atoms with Crippen LogP contribution in [0.15, 0.2) is 53.4 Å². The molecule has 1 fully saturated rings. The standard InChI is InChI=1S/C20H24N2O5S/c1-26-16-9-11-17(12-10-16)28(24,25)22(15-20(23)21-13-5-6-14-21)18-7-3-4-8-19(18)27-2/h3-4,7-12H,5-6,13-15H2,1-2H3. The first-order chi connectivity index (χ1) is 13.5. The molecule has 0 N–H and O–H groups in total. The van der Waals surface area contributed by atoms with Crippen LogP contribution in [0.5, 0.6) is 11.5 Å². The molecule has 0 unspecified atom stereocenters. The molecule has 8 heteroatoms. The van der Waals surface area contributed by atoms with Gasteiger partial charge in [0.2, 0.25) is 5.91 Å². The largest absolute Gasteiger partial charge is 0.497 e. The molecular weight excluding hydrogens is 380 g/mol. The van der Waals surface area contributed by atoms with Crippen LogP contribution < -0.4 is 13.8 Å². The topological polar surface area (TPSA) is 76.2 Å². The van der Waals surface area contributed by atoms with Gasteiger partial charge in [-0.2, -0.15) is 0 Å². The number of nitrogens with zero attached hydrogens (tertiary/aromatic N) is 2. The lowest BCUT2D eigenvalue weighted by molar-refractivity contribution is -0.128. The Balaban J connectivity index is 2.02. The van der Waals surface area contributed by atoms with Crippen LogP contribution in [0.2, 0.25) is 0 Å². The van der Waals surface area contributed by atoms with E-state index in [1.807, 2.05) is 0 Å². The van der Waals surface area contributed by atoms with Crippen LogP contribution in [0, 0.1) is 0 Å². The number of carbonyl (C=O) groups excluding carboxylic acids is 1. The first-order valence-corrected chi connectivity index (χ1v) is 10.5. The molecule has 0 radical (unpaired) electrons. The highest BCUT2D eigenvalue weighted by atomic mass is 32.2. The van der Waals surface area contributed by atoms with Gasteiger partial charge in [-0.1, -0.05) is 12.1 Å². The first-order valence-electron chi connectivity index (χ1n) is 9.05. The zero-order chi connectivity index (χ0) is 20.1. The molecule has 1 aliphatic heterocycles. The fourth-order valence-corrected chi connectivity index (χ4v) is 4.62. The predicted molar refractivity (Wildman–Crippen MR) is 106 cm³/mol. The molecule has 0 spiro atoms. The van der Waals surface area contributed by atoms with Crippen molar-refractivity contribution in [1.29, 1.82) is 0 Å². The van der Waals surface area contributed by atoms with Gasteiger partial charge in [0, 0.05) is 13.1 Å². The molecule has 0 bridgehead atoms. The fourth-order valence-electron chi connectivity index (χ4n) is 3.20. The second-order valence-corrected chi connectivity index (χ2v) is 8.31. The lowest BCUT2D eigenvalue weighted by Crippen LogP contribution is -2.42. The summed E-state index contributed by atoms with van der Waals surface area (Å²) in [6, 6.07) is 12.9. The highest BCUT2D eigenvalue weighted by molar-refractivity contribution is 7.92. The normalized spacial score (nSPS) is 14.0. The van der Waals surface area contributed by atoms with Gasteiger partial charge in [-0.3, -0.25) is 9.10 Å². The number of hydrogen-bond donors (Lipinski definition) is 0. The van der Waals surface area contributed by atoms with E-state index in [9.17, 15) is 13.2 Å². The molecule has 1 saturated heterocycles. The van der Waals surface area contributed by atoms with E-state index in [4.69, 9.17) is 9.47 Å². The summed E-state index contributed by atoms with van der Waals surface area (Å²) >= 11 is 0. The molecule has 1 amide bonds. The maximum atomic E-state index is 13.4. The van der Waals surface area contributed by atoms with Crippen molar-refractivity contribution in [3.05, 3.63) is 48.5 Å². The molecule has 2 aromatic carbocycles. The molecule has 1 heterocycles. The number of rotatable bonds is 7. The molecule has 0 saturated carbocycles. The van der Waals surface area contributed by atoms with E-state index in [0.717, 1.165) is 17.1 Å². The van der Waals surface area contributed by atoms with Crippen molar-refractivity contribution in [2.45, 2.75) is 17.7 Å². The van der Waals surface area contributed by atoms with Gasteiger partial charge in [-0.25, -0.2) is 8.42 Å². The Morgan fingerprint density at radius 2 is 1.64 bits per heavy atom. The molecule has 0 aromatic heterocycles. The number of sulfonamides is 1. The molecule has 7 nitrogen and oxygen atoms in total. The average molecular weight is 404 g/mol. The number of carbonyl (C=O) groups is 1. The minimum Gasteiger partial charge on any atom is -0.497 e. The van der Waals surface area contributed by atoms with Crippen LogP contribution in [0.25, 0.3) is 0 Å². The summed E-state index contributed by atoms with van der Waals surface area (Å²) in [4.78, 5) is 14.5. The number of benzene rings is 2. The Kier molecular flexibility index (Phi) is 6.08. The summed E-state index contributed by atoms with van der Waals surface area (Å²) in [6.45, 7) is 1.02. The summed E-state index contributed by atoms with van der Waals surface area (Å²) in [5.41, 5.74) is 0.327. The van der Waals surface area contributed by atoms with Gasteiger partial charge in [0.1, 0.15) is 18.0 Å². The highest BCUT2D eigenvalue weighted by Gasteiger charge is 2.31. The van der Waals surface area contributed by atoms with Crippen molar-refractivity contribution in [3.63, 3.8) is 0 Å². The third kappa shape index (κ3) is 4.06. The van der Waals surface area contributed by atoms with Crippen molar-refractivity contribution in [2.75, 3.05) is 38.2 Å². The molecule has 2 aromatic rings. The van der Waals surface area contributed by atoms with Crippen LogP contribution in [0.3, 0.4) is 0 Å². The summed E-state index contributed by atoms with van der Waals surface area (Å²) < 4.78 is 38.4. The van der Waals surface area contributed by atoms with E-state index < -0.39 is 10.0 Å². The van der Waals surface area contributed by atoms with Gasteiger partial charge < -0.3 is 14.4 Å². The number of hydrogen-bond acceptors (Lipinski definition) is 5. The van der Waals surface area contributed by atoms with Gasteiger partial charge in [0.05, 0.1) is 24.8 Å². The molecule has 0 atom stereocenters. The van der Waals surface area contributed by atoms with Gasteiger partial charge in [0.25, 0.3) is 10.0 Å². The number of para-hydroxylation sites is 2. The van der Waals surface area contributed by atoms with Crippen LogP contribution >= 0.6 is 0 Å². The number of ether oxygens (including phenoxy) is 2. The van der Waals surface area contributed by atoms with Crippen molar-refractivity contribution in [3.8, 4) is 11.5 Å². The summed E-state index contributed by atoms with van der Waals surface area (Å²) in [5, 5.41) is 0. The third-order valence-electron chi connectivity index (χ3n) is 4.74. The van der Waals surface area contributed by atoms with Crippen LogP contribution in [-0.2, 0) is 14.8 Å². The molecular formula is C20H24N2O5S. The monoisotopic (exact) mass is 404 g/mol. The van der Waals surface area contributed by atoms with Gasteiger partial charge in [-0.05, 0) is 49.2 Å². The Labute approximate surface area is 165 Å². The van der Waals surface area contributed by atoms with Crippen molar-refractivity contribution >= 4 is 21.6 Å². The third-order valence-corrected chi connectivity index (χ3v) is 6.51. The molecule has 0 aliphatic carbocycles. The van der Waals surface area contributed by atoms with E-state index in [0.29, 0.717) is 30.3 Å². The Morgan fingerprint density at radius 3 is 2.25 bits per heavy atom. The quantitative estimate of drug-likeness (QED) is 0.709. The van der Waals surface area contributed by atoms with Gasteiger partial charge in [0.15, 0.2) is 0 Å². The number of likely N-dealkylation sites (tertiary alicyclic amines) is 1. The summed E-state index contributed by atoms with van der Waals surface area (Å²) in [6.07, 6.45) is 1.87. The minimum absolute atomic E-state index is 0.0772. The van der Waals surface area contributed by atoms with E-state index in [-0.39, 0.29) is 17.3 Å². The van der Waals surface area contributed by atoms with E-state index in [2.05, 4.69) is 0 Å². The fraction of sp³-hybridized carbons (Fsp3) is 0.350. The lowest BCUT2D eigenvalue weighted by atomic mass is 10.3. The SMILES string of the molecule is COc1ccc(S(=O)(=O)N(CC(=O)N2CCCC2)c2ccccc2OC)cc1. The van der Waals surface area contributed by atoms with Gasteiger partial charge in [-0.15, -0.1) is 0 Å². The molecule has 3 rings (SSSR count). The Morgan fingerprint density at radius 1 is 1.00 bits per heavy atom. The second-order valence-electron chi connectivity index (χ2n) is 6.45. The zero-order valence-corrected chi connectivity index (χ0v) is 16.8. The number of amides is 1. The molecule has 28 heavy (non-hydrogen) atoms.